The predicted molar refractivity (Wildman–Crippen MR) is 78.7 cm³/mol. The van der Waals surface area contributed by atoms with Crippen LogP contribution < -0.4 is 5.32 Å². The Bertz CT molecular complexity index is 584. The number of phenolic OH excluding ortho intramolecular Hbond substituents is 1. The van der Waals surface area contributed by atoms with Gasteiger partial charge in [-0.05, 0) is 24.5 Å². The lowest BCUT2D eigenvalue weighted by molar-refractivity contribution is -0.115. The molecule has 1 amide bonds. The zero-order valence-electron chi connectivity index (χ0n) is 10.6. The molecule has 4 heteroatoms. The van der Waals surface area contributed by atoms with Crippen LogP contribution in [0.4, 0.5) is 5.69 Å². The summed E-state index contributed by atoms with van der Waals surface area (Å²) in [5.74, 6) is 0.0128. The van der Waals surface area contributed by atoms with Crippen molar-refractivity contribution in [1.82, 2.24) is 0 Å². The minimum absolute atomic E-state index is 0.136. The molecule has 0 bridgehead atoms. The number of carbonyl (C=O) groups is 1. The zero-order chi connectivity index (χ0) is 13.7. The molecule has 2 rings (SSSR count). The number of phenols is 1. The molecule has 2 aromatic rings. The first-order valence-electron chi connectivity index (χ1n) is 5.90. The average molecular weight is 273 g/mol. The summed E-state index contributed by atoms with van der Waals surface area (Å²) in [4.78, 5) is 13.0. The van der Waals surface area contributed by atoms with Crippen molar-refractivity contribution >= 4 is 23.4 Å². The van der Waals surface area contributed by atoms with Crippen LogP contribution >= 0.6 is 11.8 Å². The van der Waals surface area contributed by atoms with Gasteiger partial charge in [0.1, 0.15) is 5.75 Å². The summed E-state index contributed by atoms with van der Waals surface area (Å²) in [5, 5.41) is 12.5. The first-order chi connectivity index (χ1) is 9.20. The number of hydrogen-bond acceptors (Lipinski definition) is 3. The summed E-state index contributed by atoms with van der Waals surface area (Å²) in [7, 11) is 0. The molecule has 0 aromatic heterocycles. The van der Waals surface area contributed by atoms with Crippen molar-refractivity contribution in [3.8, 4) is 5.75 Å². The maximum absolute atomic E-state index is 12.0. The third kappa shape index (κ3) is 3.51. The highest BCUT2D eigenvalue weighted by Gasteiger charge is 2.09. The van der Waals surface area contributed by atoms with Crippen molar-refractivity contribution in [3.05, 3.63) is 54.1 Å². The van der Waals surface area contributed by atoms with Crippen LogP contribution in [-0.4, -0.2) is 17.3 Å². The van der Waals surface area contributed by atoms with Gasteiger partial charge in [0.15, 0.2) is 0 Å². The molecule has 3 nitrogen and oxygen atoms in total. The number of nitrogens with one attached hydrogen (secondary N) is 1. The largest absolute Gasteiger partial charge is 0.508 e. The number of anilines is 1. The van der Waals surface area contributed by atoms with Crippen molar-refractivity contribution < 1.29 is 9.90 Å². The molecular formula is C15H15NO2S. The molecular weight excluding hydrogens is 258 g/mol. The normalized spacial score (nSPS) is 10.2. The van der Waals surface area contributed by atoms with Crippen molar-refractivity contribution in [2.75, 3.05) is 11.6 Å². The highest BCUT2D eigenvalue weighted by atomic mass is 32.2. The van der Waals surface area contributed by atoms with Crippen molar-refractivity contribution in [1.29, 1.82) is 0 Å². The van der Waals surface area contributed by atoms with Crippen LogP contribution in [0.1, 0.15) is 5.56 Å². The predicted octanol–water partition coefficient (Wildman–Crippen LogP) is 3.30. The Morgan fingerprint density at radius 3 is 2.58 bits per heavy atom. The van der Waals surface area contributed by atoms with E-state index in [4.69, 9.17) is 0 Å². The molecule has 0 saturated heterocycles. The van der Waals surface area contributed by atoms with E-state index in [0.29, 0.717) is 5.56 Å². The number of benzene rings is 2. The Kier molecular flexibility index (Phi) is 4.47. The second kappa shape index (κ2) is 6.29. The average Bonchev–Trinajstić information content (AvgIpc) is 2.42. The first-order valence-corrected chi connectivity index (χ1v) is 7.13. The minimum Gasteiger partial charge on any atom is -0.508 e. The SMILES string of the molecule is CSc1ccccc1NC(=O)Cc1ccccc1O. The summed E-state index contributed by atoms with van der Waals surface area (Å²) in [6.45, 7) is 0. The Morgan fingerprint density at radius 1 is 1.16 bits per heavy atom. The van der Waals surface area contributed by atoms with Gasteiger partial charge in [0.05, 0.1) is 12.1 Å². The zero-order valence-corrected chi connectivity index (χ0v) is 11.4. The van der Waals surface area contributed by atoms with Crippen LogP contribution in [0.5, 0.6) is 5.75 Å². The Morgan fingerprint density at radius 2 is 1.84 bits per heavy atom. The minimum atomic E-state index is -0.136. The molecule has 0 atom stereocenters. The van der Waals surface area contributed by atoms with E-state index in [1.165, 1.54) is 0 Å². The number of para-hydroxylation sites is 2. The van der Waals surface area contributed by atoms with E-state index in [-0.39, 0.29) is 18.1 Å². The van der Waals surface area contributed by atoms with Gasteiger partial charge in [-0.15, -0.1) is 11.8 Å². The van der Waals surface area contributed by atoms with E-state index in [2.05, 4.69) is 5.32 Å². The van der Waals surface area contributed by atoms with Gasteiger partial charge in [-0.2, -0.15) is 0 Å². The maximum Gasteiger partial charge on any atom is 0.228 e. The summed E-state index contributed by atoms with van der Waals surface area (Å²) in [6, 6.07) is 14.5. The lowest BCUT2D eigenvalue weighted by Crippen LogP contribution is -2.14. The molecule has 0 saturated carbocycles. The van der Waals surface area contributed by atoms with Crippen molar-refractivity contribution in [2.24, 2.45) is 0 Å². The summed E-state index contributed by atoms with van der Waals surface area (Å²) in [6.07, 6.45) is 2.13. The van der Waals surface area contributed by atoms with E-state index >= 15 is 0 Å². The molecule has 0 radical (unpaired) electrons. The van der Waals surface area contributed by atoms with E-state index in [1.54, 1.807) is 36.0 Å². The van der Waals surface area contributed by atoms with Crippen LogP contribution in [0.25, 0.3) is 0 Å². The quantitative estimate of drug-likeness (QED) is 0.840. The molecule has 0 aliphatic carbocycles. The van der Waals surface area contributed by atoms with Crippen LogP contribution in [0.2, 0.25) is 0 Å². The van der Waals surface area contributed by atoms with E-state index < -0.39 is 0 Å². The Balaban J connectivity index is 2.08. The number of aromatic hydroxyl groups is 1. The van der Waals surface area contributed by atoms with Gasteiger partial charge in [0, 0.05) is 10.5 Å². The molecule has 0 aliphatic rings. The monoisotopic (exact) mass is 273 g/mol. The highest BCUT2D eigenvalue weighted by molar-refractivity contribution is 7.98. The van der Waals surface area contributed by atoms with Gasteiger partial charge in [-0.25, -0.2) is 0 Å². The standard InChI is InChI=1S/C15H15NO2S/c1-19-14-9-5-3-7-12(14)16-15(18)10-11-6-2-4-8-13(11)17/h2-9,17H,10H2,1H3,(H,16,18). The fourth-order valence-electron chi connectivity index (χ4n) is 1.78. The van der Waals surface area contributed by atoms with Crippen molar-refractivity contribution in [2.45, 2.75) is 11.3 Å². The van der Waals surface area contributed by atoms with Gasteiger partial charge >= 0.3 is 0 Å². The molecule has 0 fully saturated rings. The highest BCUT2D eigenvalue weighted by Crippen LogP contribution is 2.25. The number of carbonyl (C=O) groups excluding carboxylic acids is 1. The van der Waals surface area contributed by atoms with E-state index in [1.807, 2.05) is 30.5 Å². The lowest BCUT2D eigenvalue weighted by Gasteiger charge is -2.09. The third-order valence-corrected chi connectivity index (χ3v) is 3.52. The van der Waals surface area contributed by atoms with E-state index in [0.717, 1.165) is 10.6 Å². The van der Waals surface area contributed by atoms with Gasteiger partial charge in [0.25, 0.3) is 0 Å². The number of thioether (sulfide) groups is 1. The summed E-state index contributed by atoms with van der Waals surface area (Å²) < 4.78 is 0. The number of rotatable bonds is 4. The smallest absolute Gasteiger partial charge is 0.228 e. The molecule has 2 aromatic carbocycles. The van der Waals surface area contributed by atoms with Gasteiger partial charge < -0.3 is 10.4 Å². The third-order valence-electron chi connectivity index (χ3n) is 2.72. The second-order valence-electron chi connectivity index (χ2n) is 4.05. The van der Waals surface area contributed by atoms with Gasteiger partial charge in [0.2, 0.25) is 5.91 Å². The van der Waals surface area contributed by atoms with Gasteiger partial charge in [-0.3, -0.25) is 4.79 Å². The van der Waals surface area contributed by atoms with Crippen LogP contribution in [-0.2, 0) is 11.2 Å². The molecule has 0 spiro atoms. The maximum atomic E-state index is 12.0. The van der Waals surface area contributed by atoms with E-state index in [9.17, 15) is 9.90 Å². The topological polar surface area (TPSA) is 49.3 Å². The van der Waals surface area contributed by atoms with Gasteiger partial charge in [-0.1, -0.05) is 30.3 Å². The molecule has 19 heavy (non-hydrogen) atoms. The molecule has 0 aliphatic heterocycles. The molecule has 0 heterocycles. The number of hydrogen-bond donors (Lipinski definition) is 2. The summed E-state index contributed by atoms with van der Waals surface area (Å²) in [5.41, 5.74) is 1.43. The summed E-state index contributed by atoms with van der Waals surface area (Å²) >= 11 is 1.58. The first kappa shape index (κ1) is 13.5. The van der Waals surface area contributed by atoms with Crippen LogP contribution in [0.3, 0.4) is 0 Å². The van der Waals surface area contributed by atoms with Crippen LogP contribution in [0, 0.1) is 0 Å². The molecule has 98 valence electrons. The lowest BCUT2D eigenvalue weighted by atomic mass is 10.1. The molecule has 0 unspecified atom stereocenters. The fourth-order valence-corrected chi connectivity index (χ4v) is 2.33. The van der Waals surface area contributed by atoms with Crippen molar-refractivity contribution in [3.63, 3.8) is 0 Å². The number of amides is 1. The Labute approximate surface area is 116 Å². The van der Waals surface area contributed by atoms with Crippen LogP contribution in [0.15, 0.2) is 53.4 Å². The Hall–Kier alpha value is -1.94. The molecule has 2 N–H and O–H groups in total. The second-order valence-corrected chi connectivity index (χ2v) is 4.90. The fraction of sp³-hybridized carbons (Fsp3) is 0.133.